The molecular formula is C19H38O. The number of unbranched alkanes of at least 4 members (excludes halogenated alkanes) is 4. The highest BCUT2D eigenvalue weighted by Crippen LogP contribution is 2.23. The van der Waals surface area contributed by atoms with E-state index in [9.17, 15) is 4.79 Å². The minimum Gasteiger partial charge on any atom is -0.300 e. The largest absolute Gasteiger partial charge is 0.300 e. The first-order valence-corrected chi connectivity index (χ1v) is 8.62. The second-order valence-electron chi connectivity index (χ2n) is 8.78. The van der Waals surface area contributed by atoms with Gasteiger partial charge in [0.1, 0.15) is 5.78 Å². The first-order chi connectivity index (χ1) is 9.10. The van der Waals surface area contributed by atoms with Crippen LogP contribution in [0.25, 0.3) is 0 Å². The van der Waals surface area contributed by atoms with Crippen LogP contribution in [-0.4, -0.2) is 5.78 Å². The van der Waals surface area contributed by atoms with E-state index in [1.54, 1.807) is 0 Å². The van der Waals surface area contributed by atoms with E-state index in [1.807, 2.05) is 0 Å². The van der Waals surface area contributed by atoms with Crippen LogP contribution >= 0.6 is 0 Å². The van der Waals surface area contributed by atoms with E-state index in [0.29, 0.717) is 16.6 Å². The molecule has 0 aliphatic heterocycles. The second-order valence-corrected chi connectivity index (χ2v) is 8.78. The predicted octanol–water partition coefficient (Wildman–Crippen LogP) is 6.55. The maximum atomic E-state index is 11.8. The molecule has 0 spiro atoms. The van der Waals surface area contributed by atoms with E-state index in [0.717, 1.165) is 25.7 Å². The van der Waals surface area contributed by atoms with Crippen molar-refractivity contribution >= 4 is 5.78 Å². The lowest BCUT2D eigenvalue weighted by Crippen LogP contribution is -2.05. The third kappa shape index (κ3) is 15.7. The summed E-state index contributed by atoms with van der Waals surface area (Å²) in [5.74, 6) is 0.481. The Morgan fingerprint density at radius 3 is 1.40 bits per heavy atom. The molecule has 0 saturated heterocycles. The van der Waals surface area contributed by atoms with Crippen LogP contribution in [0.4, 0.5) is 0 Å². The SMILES string of the molecule is CC(C)(C)CCCCCCC(=O)CCCCC(C)(C)C. The molecule has 120 valence electrons. The molecule has 0 bridgehead atoms. The highest BCUT2D eigenvalue weighted by Gasteiger charge is 2.10. The average Bonchev–Trinajstić information content (AvgIpc) is 2.26. The predicted molar refractivity (Wildman–Crippen MR) is 90.1 cm³/mol. The molecule has 0 rings (SSSR count). The number of hydrogen-bond acceptors (Lipinski definition) is 1. The van der Waals surface area contributed by atoms with Crippen molar-refractivity contribution in [2.45, 2.75) is 106 Å². The molecule has 1 nitrogen and oxygen atoms in total. The monoisotopic (exact) mass is 282 g/mol. The zero-order chi connectivity index (χ0) is 15.6. The molecule has 20 heavy (non-hydrogen) atoms. The fraction of sp³-hybridized carbons (Fsp3) is 0.947. The van der Waals surface area contributed by atoms with E-state index < -0.39 is 0 Å². The molecule has 0 aliphatic carbocycles. The Balaban J connectivity index is 3.37. The van der Waals surface area contributed by atoms with Gasteiger partial charge < -0.3 is 0 Å². The first kappa shape index (κ1) is 19.7. The molecule has 0 aromatic rings. The van der Waals surface area contributed by atoms with Crippen molar-refractivity contribution in [2.24, 2.45) is 10.8 Å². The minimum absolute atomic E-state index is 0.413. The van der Waals surface area contributed by atoms with Crippen LogP contribution in [0.5, 0.6) is 0 Å². The summed E-state index contributed by atoms with van der Waals surface area (Å²) in [6, 6.07) is 0. The Kier molecular flexibility index (Phi) is 9.42. The Morgan fingerprint density at radius 2 is 0.950 bits per heavy atom. The molecule has 0 aromatic heterocycles. The number of ketones is 1. The average molecular weight is 283 g/mol. The summed E-state index contributed by atoms with van der Waals surface area (Å²) in [7, 11) is 0. The smallest absolute Gasteiger partial charge is 0.132 e. The van der Waals surface area contributed by atoms with Gasteiger partial charge in [-0.1, -0.05) is 67.2 Å². The van der Waals surface area contributed by atoms with E-state index >= 15 is 0 Å². The van der Waals surface area contributed by atoms with Crippen molar-refractivity contribution in [1.29, 1.82) is 0 Å². The number of carbonyl (C=O) groups excluding carboxylic acids is 1. The summed E-state index contributed by atoms with van der Waals surface area (Å²) in [6.45, 7) is 13.7. The van der Waals surface area contributed by atoms with Gasteiger partial charge in [0.05, 0.1) is 0 Å². The molecular weight excluding hydrogens is 244 g/mol. The molecule has 0 saturated carbocycles. The maximum Gasteiger partial charge on any atom is 0.132 e. The highest BCUT2D eigenvalue weighted by atomic mass is 16.1. The van der Waals surface area contributed by atoms with E-state index in [-0.39, 0.29) is 0 Å². The van der Waals surface area contributed by atoms with Crippen LogP contribution in [-0.2, 0) is 4.79 Å². The van der Waals surface area contributed by atoms with Crippen molar-refractivity contribution in [3.8, 4) is 0 Å². The normalized spacial score (nSPS) is 12.7. The van der Waals surface area contributed by atoms with Gasteiger partial charge in [0.25, 0.3) is 0 Å². The van der Waals surface area contributed by atoms with Crippen LogP contribution in [0, 0.1) is 10.8 Å². The van der Waals surface area contributed by atoms with Crippen molar-refractivity contribution in [2.75, 3.05) is 0 Å². The van der Waals surface area contributed by atoms with Gasteiger partial charge in [0.2, 0.25) is 0 Å². The van der Waals surface area contributed by atoms with Crippen LogP contribution in [0.15, 0.2) is 0 Å². The van der Waals surface area contributed by atoms with Crippen molar-refractivity contribution in [1.82, 2.24) is 0 Å². The van der Waals surface area contributed by atoms with Gasteiger partial charge in [-0.25, -0.2) is 0 Å². The summed E-state index contributed by atoms with van der Waals surface area (Å²) in [6.07, 6.45) is 11.3. The summed E-state index contributed by atoms with van der Waals surface area (Å²) < 4.78 is 0. The van der Waals surface area contributed by atoms with Gasteiger partial charge in [0, 0.05) is 12.8 Å². The van der Waals surface area contributed by atoms with E-state index in [1.165, 1.54) is 38.5 Å². The molecule has 0 aliphatic rings. The lowest BCUT2D eigenvalue weighted by molar-refractivity contribution is -0.119. The van der Waals surface area contributed by atoms with Crippen LogP contribution in [0.2, 0.25) is 0 Å². The molecule has 0 aromatic carbocycles. The molecule has 1 heteroatoms. The van der Waals surface area contributed by atoms with Crippen LogP contribution in [0.1, 0.15) is 106 Å². The van der Waals surface area contributed by atoms with Gasteiger partial charge >= 0.3 is 0 Å². The fourth-order valence-electron chi connectivity index (χ4n) is 2.43. The number of Topliss-reactive ketones (excluding diaryl/α,β-unsaturated/α-hetero) is 1. The first-order valence-electron chi connectivity index (χ1n) is 8.62. The lowest BCUT2D eigenvalue weighted by Gasteiger charge is -2.17. The van der Waals surface area contributed by atoms with E-state index in [4.69, 9.17) is 0 Å². The molecule has 0 amide bonds. The van der Waals surface area contributed by atoms with Gasteiger partial charge in [-0.2, -0.15) is 0 Å². The molecule has 0 heterocycles. The summed E-state index contributed by atoms with van der Waals surface area (Å²) in [4.78, 5) is 11.8. The zero-order valence-corrected chi connectivity index (χ0v) is 15.0. The molecule has 0 N–H and O–H groups in total. The number of hydrogen-bond donors (Lipinski definition) is 0. The van der Waals surface area contributed by atoms with Crippen LogP contribution < -0.4 is 0 Å². The van der Waals surface area contributed by atoms with Gasteiger partial charge in [-0.15, -0.1) is 0 Å². The minimum atomic E-state index is 0.413. The zero-order valence-electron chi connectivity index (χ0n) is 15.0. The standard InChI is InChI=1S/C19H38O/c1-18(2,3)15-11-8-7-9-13-17(20)14-10-12-16-19(4,5)6/h7-16H2,1-6H3. The van der Waals surface area contributed by atoms with Crippen molar-refractivity contribution < 1.29 is 4.79 Å². The number of carbonyl (C=O) groups is 1. The van der Waals surface area contributed by atoms with Gasteiger partial charge in [0.15, 0.2) is 0 Å². The third-order valence-corrected chi connectivity index (χ3v) is 3.76. The Morgan fingerprint density at radius 1 is 0.600 bits per heavy atom. The number of rotatable bonds is 10. The summed E-state index contributed by atoms with van der Waals surface area (Å²) in [5, 5.41) is 0. The molecule has 0 radical (unpaired) electrons. The Bertz CT molecular complexity index is 252. The van der Waals surface area contributed by atoms with Gasteiger partial charge in [-0.05, 0) is 36.5 Å². The molecule has 0 unspecified atom stereocenters. The molecule has 0 atom stereocenters. The van der Waals surface area contributed by atoms with Crippen molar-refractivity contribution in [3.63, 3.8) is 0 Å². The topological polar surface area (TPSA) is 17.1 Å². The van der Waals surface area contributed by atoms with E-state index in [2.05, 4.69) is 41.5 Å². The Hall–Kier alpha value is -0.330. The fourth-order valence-corrected chi connectivity index (χ4v) is 2.43. The molecule has 0 fully saturated rings. The quantitative estimate of drug-likeness (QED) is 0.415. The van der Waals surface area contributed by atoms with Gasteiger partial charge in [-0.3, -0.25) is 4.79 Å². The van der Waals surface area contributed by atoms with Crippen molar-refractivity contribution in [3.05, 3.63) is 0 Å². The van der Waals surface area contributed by atoms with Crippen LogP contribution in [0.3, 0.4) is 0 Å². The summed E-state index contributed by atoms with van der Waals surface area (Å²) >= 11 is 0. The maximum absolute atomic E-state index is 11.8. The summed E-state index contributed by atoms with van der Waals surface area (Å²) in [5.41, 5.74) is 0.874. The third-order valence-electron chi connectivity index (χ3n) is 3.76. The second kappa shape index (κ2) is 9.58. The highest BCUT2D eigenvalue weighted by molar-refractivity contribution is 5.78. The lowest BCUT2D eigenvalue weighted by atomic mass is 9.89. The Labute approximate surface area is 127 Å².